The Morgan fingerprint density at radius 3 is 2.59 bits per heavy atom. The van der Waals surface area contributed by atoms with Crippen molar-refractivity contribution in [1.29, 1.82) is 0 Å². The molecule has 5 heteroatoms. The lowest BCUT2D eigenvalue weighted by Crippen LogP contribution is -1.99. The SMILES string of the molecule is Clc1ccc(-c2csc(SCCOc3ccccc3)n2)cc1. The molecule has 2 aromatic carbocycles. The van der Waals surface area contributed by atoms with Gasteiger partial charge >= 0.3 is 0 Å². The summed E-state index contributed by atoms with van der Waals surface area (Å²) in [6, 6.07) is 17.6. The average Bonchev–Trinajstić information content (AvgIpc) is 3.02. The zero-order valence-electron chi connectivity index (χ0n) is 11.7. The van der Waals surface area contributed by atoms with E-state index in [0.29, 0.717) is 6.61 Å². The fraction of sp³-hybridized carbons (Fsp3) is 0.118. The molecule has 0 atom stereocenters. The summed E-state index contributed by atoms with van der Waals surface area (Å²) in [6.07, 6.45) is 0. The van der Waals surface area contributed by atoms with Crippen LogP contribution < -0.4 is 4.74 Å². The second-order valence-electron chi connectivity index (χ2n) is 4.52. The van der Waals surface area contributed by atoms with Gasteiger partial charge in [0.15, 0.2) is 4.34 Å². The van der Waals surface area contributed by atoms with Crippen molar-refractivity contribution in [3.05, 3.63) is 65.0 Å². The molecule has 0 unspecified atom stereocenters. The van der Waals surface area contributed by atoms with Gasteiger partial charge in [0.05, 0.1) is 12.3 Å². The molecule has 22 heavy (non-hydrogen) atoms. The molecule has 1 heterocycles. The van der Waals surface area contributed by atoms with E-state index in [9.17, 15) is 0 Å². The maximum atomic E-state index is 5.90. The van der Waals surface area contributed by atoms with Crippen LogP contribution in [0.4, 0.5) is 0 Å². The minimum absolute atomic E-state index is 0.671. The molecule has 0 aliphatic carbocycles. The fourth-order valence-electron chi connectivity index (χ4n) is 1.88. The van der Waals surface area contributed by atoms with Crippen molar-refractivity contribution >= 4 is 34.7 Å². The largest absolute Gasteiger partial charge is 0.493 e. The van der Waals surface area contributed by atoms with Crippen LogP contribution in [0.3, 0.4) is 0 Å². The number of halogens is 1. The minimum atomic E-state index is 0.671. The number of benzene rings is 2. The van der Waals surface area contributed by atoms with Crippen LogP contribution in [0, 0.1) is 0 Å². The van der Waals surface area contributed by atoms with Crippen molar-refractivity contribution in [1.82, 2.24) is 4.98 Å². The second kappa shape index (κ2) is 7.68. The Kier molecular flexibility index (Phi) is 5.38. The zero-order valence-corrected chi connectivity index (χ0v) is 14.1. The number of para-hydroxylation sites is 1. The van der Waals surface area contributed by atoms with E-state index in [0.717, 1.165) is 32.1 Å². The number of thioether (sulfide) groups is 1. The first-order valence-electron chi connectivity index (χ1n) is 6.83. The number of rotatable bonds is 6. The van der Waals surface area contributed by atoms with Gasteiger partial charge in [-0.1, -0.05) is 53.7 Å². The van der Waals surface area contributed by atoms with Crippen LogP contribution >= 0.6 is 34.7 Å². The lowest BCUT2D eigenvalue weighted by Gasteiger charge is -2.04. The summed E-state index contributed by atoms with van der Waals surface area (Å²) < 4.78 is 6.73. The molecule has 0 saturated carbocycles. The molecule has 0 aliphatic heterocycles. The highest BCUT2D eigenvalue weighted by atomic mass is 35.5. The molecule has 1 aromatic heterocycles. The van der Waals surface area contributed by atoms with E-state index >= 15 is 0 Å². The molecule has 0 saturated heterocycles. The number of aromatic nitrogens is 1. The van der Waals surface area contributed by atoms with E-state index in [2.05, 4.69) is 10.4 Å². The Morgan fingerprint density at radius 2 is 1.82 bits per heavy atom. The first-order valence-corrected chi connectivity index (χ1v) is 9.08. The normalized spacial score (nSPS) is 10.6. The number of nitrogens with zero attached hydrogens (tertiary/aromatic N) is 1. The van der Waals surface area contributed by atoms with Crippen LogP contribution in [0.5, 0.6) is 5.75 Å². The van der Waals surface area contributed by atoms with Crippen LogP contribution in [-0.2, 0) is 0 Å². The lowest BCUT2D eigenvalue weighted by molar-refractivity contribution is 0.344. The van der Waals surface area contributed by atoms with Gasteiger partial charge in [0, 0.05) is 21.7 Å². The van der Waals surface area contributed by atoms with E-state index < -0.39 is 0 Å². The van der Waals surface area contributed by atoms with Crippen molar-refractivity contribution in [2.45, 2.75) is 4.34 Å². The van der Waals surface area contributed by atoms with E-state index in [1.54, 1.807) is 23.1 Å². The van der Waals surface area contributed by atoms with Crippen LogP contribution in [0.15, 0.2) is 64.3 Å². The lowest BCUT2D eigenvalue weighted by atomic mass is 10.2. The van der Waals surface area contributed by atoms with Gasteiger partial charge in [0.25, 0.3) is 0 Å². The van der Waals surface area contributed by atoms with Crippen molar-refractivity contribution < 1.29 is 4.74 Å². The number of hydrogen-bond acceptors (Lipinski definition) is 4. The Balaban J connectivity index is 1.50. The van der Waals surface area contributed by atoms with Gasteiger partial charge in [0.2, 0.25) is 0 Å². The highest BCUT2D eigenvalue weighted by molar-refractivity contribution is 8.01. The third-order valence-electron chi connectivity index (χ3n) is 2.94. The smallest absolute Gasteiger partial charge is 0.150 e. The monoisotopic (exact) mass is 347 g/mol. The Labute approximate surface area is 143 Å². The molecule has 0 spiro atoms. The predicted octanol–water partition coefficient (Wildman–Crippen LogP) is 5.63. The molecule has 0 fully saturated rings. The Bertz CT molecular complexity index is 713. The van der Waals surface area contributed by atoms with Crippen LogP contribution in [0.2, 0.25) is 5.02 Å². The Hall–Kier alpha value is -1.49. The molecule has 0 amide bonds. The second-order valence-corrected chi connectivity index (χ2v) is 7.15. The first kappa shape index (κ1) is 15.4. The van der Waals surface area contributed by atoms with Crippen molar-refractivity contribution in [2.24, 2.45) is 0 Å². The summed E-state index contributed by atoms with van der Waals surface area (Å²) in [6.45, 7) is 0.671. The first-order chi connectivity index (χ1) is 10.8. The van der Waals surface area contributed by atoms with Gasteiger partial charge in [-0.2, -0.15) is 0 Å². The molecule has 2 nitrogen and oxygen atoms in total. The number of thiazole rings is 1. The summed E-state index contributed by atoms with van der Waals surface area (Å²) in [4.78, 5) is 4.64. The van der Waals surface area contributed by atoms with Gasteiger partial charge in [-0.05, 0) is 24.3 Å². The summed E-state index contributed by atoms with van der Waals surface area (Å²) >= 11 is 9.28. The fourth-order valence-corrected chi connectivity index (χ4v) is 3.73. The molecule has 0 N–H and O–H groups in total. The van der Waals surface area contributed by atoms with Crippen molar-refractivity contribution in [3.63, 3.8) is 0 Å². The standard InChI is InChI=1S/C17H14ClNOS2/c18-14-8-6-13(7-9-14)16-12-22-17(19-16)21-11-10-20-15-4-2-1-3-5-15/h1-9,12H,10-11H2. The third kappa shape index (κ3) is 4.26. The molecule has 112 valence electrons. The highest BCUT2D eigenvalue weighted by Gasteiger charge is 2.05. The zero-order chi connectivity index (χ0) is 15.2. The topological polar surface area (TPSA) is 22.1 Å². The molecular formula is C17H14ClNOS2. The molecule has 0 radical (unpaired) electrons. The quantitative estimate of drug-likeness (QED) is 0.426. The predicted molar refractivity (Wildman–Crippen MR) is 95.2 cm³/mol. The van der Waals surface area contributed by atoms with Crippen molar-refractivity contribution in [3.8, 4) is 17.0 Å². The number of hydrogen-bond donors (Lipinski definition) is 0. The van der Waals surface area contributed by atoms with Gasteiger partial charge in [-0.3, -0.25) is 0 Å². The van der Waals surface area contributed by atoms with Crippen molar-refractivity contribution in [2.75, 3.05) is 12.4 Å². The summed E-state index contributed by atoms with van der Waals surface area (Å²) in [5.74, 6) is 1.78. The minimum Gasteiger partial charge on any atom is -0.493 e. The van der Waals surface area contributed by atoms with E-state index in [-0.39, 0.29) is 0 Å². The molecule has 0 bridgehead atoms. The van der Waals surface area contributed by atoms with Crippen LogP contribution in [0.1, 0.15) is 0 Å². The van der Waals surface area contributed by atoms with Crippen LogP contribution in [0.25, 0.3) is 11.3 Å². The van der Waals surface area contributed by atoms with Gasteiger partial charge < -0.3 is 4.74 Å². The van der Waals surface area contributed by atoms with E-state index in [4.69, 9.17) is 16.3 Å². The maximum absolute atomic E-state index is 5.90. The molecule has 3 aromatic rings. The van der Waals surface area contributed by atoms with Crippen LogP contribution in [-0.4, -0.2) is 17.3 Å². The van der Waals surface area contributed by atoms with Gasteiger partial charge in [-0.25, -0.2) is 4.98 Å². The molecule has 0 aliphatic rings. The maximum Gasteiger partial charge on any atom is 0.150 e. The molecular weight excluding hydrogens is 334 g/mol. The van der Waals surface area contributed by atoms with Gasteiger partial charge in [0.1, 0.15) is 5.75 Å². The third-order valence-corrected chi connectivity index (χ3v) is 5.18. The van der Waals surface area contributed by atoms with Gasteiger partial charge in [-0.15, -0.1) is 11.3 Å². The van der Waals surface area contributed by atoms with E-state index in [1.807, 2.05) is 54.6 Å². The van der Waals surface area contributed by atoms with E-state index in [1.165, 1.54) is 0 Å². The Morgan fingerprint density at radius 1 is 1.05 bits per heavy atom. The number of ether oxygens (including phenoxy) is 1. The highest BCUT2D eigenvalue weighted by Crippen LogP contribution is 2.28. The summed E-state index contributed by atoms with van der Waals surface area (Å²) in [5.41, 5.74) is 2.08. The summed E-state index contributed by atoms with van der Waals surface area (Å²) in [5, 5.41) is 2.82. The average molecular weight is 348 g/mol. The summed E-state index contributed by atoms with van der Waals surface area (Å²) in [7, 11) is 0. The molecule has 3 rings (SSSR count).